The molecule has 0 aliphatic heterocycles. The minimum atomic E-state index is 0.614. The van der Waals surface area contributed by atoms with Crippen LogP contribution in [0.5, 0.6) is 0 Å². The summed E-state index contributed by atoms with van der Waals surface area (Å²) in [5.74, 6) is 1.01. The fourth-order valence-electron chi connectivity index (χ4n) is 1.85. The lowest BCUT2D eigenvalue weighted by Gasteiger charge is -2.08. The van der Waals surface area contributed by atoms with Crippen LogP contribution in [0.3, 0.4) is 0 Å². The van der Waals surface area contributed by atoms with Crippen LogP contribution >= 0.6 is 15.9 Å². The zero-order valence-corrected chi connectivity index (χ0v) is 11.6. The number of aromatic nitrogens is 4. The molecule has 0 fully saturated rings. The smallest absolute Gasteiger partial charge is 0.110 e. The van der Waals surface area contributed by atoms with E-state index in [4.69, 9.17) is 5.73 Å². The van der Waals surface area contributed by atoms with Gasteiger partial charge in [-0.05, 0) is 29.4 Å². The van der Waals surface area contributed by atoms with E-state index in [1.165, 1.54) is 0 Å². The molecule has 0 unspecified atom stereocenters. The molecule has 17 heavy (non-hydrogen) atoms. The number of imidazole rings is 1. The van der Waals surface area contributed by atoms with Crippen molar-refractivity contribution in [1.82, 2.24) is 19.3 Å². The first-order valence-corrected chi connectivity index (χ1v) is 6.30. The van der Waals surface area contributed by atoms with E-state index in [0.29, 0.717) is 6.54 Å². The number of nitrogens with zero attached hydrogens (tertiary/aromatic N) is 4. The van der Waals surface area contributed by atoms with Gasteiger partial charge < -0.3 is 10.3 Å². The van der Waals surface area contributed by atoms with Crippen molar-refractivity contribution in [3.63, 3.8) is 0 Å². The maximum atomic E-state index is 5.57. The minimum Gasteiger partial charge on any atom is -0.330 e. The molecule has 2 aromatic heterocycles. The van der Waals surface area contributed by atoms with E-state index in [1.54, 1.807) is 0 Å². The summed E-state index contributed by atoms with van der Waals surface area (Å²) in [4.78, 5) is 4.31. The number of nitrogens with two attached hydrogens (primary N) is 1. The van der Waals surface area contributed by atoms with Crippen molar-refractivity contribution in [2.45, 2.75) is 19.9 Å². The molecule has 92 valence electrons. The standard InChI is InChI=1S/C11H16BrN5/c1-8-11(12)9(16(2)15-8)7-17-6-5-14-10(17)3-4-13/h5-6H,3-4,7,13H2,1-2H3. The molecule has 0 atom stereocenters. The maximum absolute atomic E-state index is 5.57. The van der Waals surface area contributed by atoms with E-state index in [0.717, 1.165) is 34.7 Å². The predicted octanol–water partition coefficient (Wildman–Crippen LogP) is 1.24. The average Bonchev–Trinajstić information content (AvgIpc) is 2.81. The van der Waals surface area contributed by atoms with Crippen LogP contribution in [0.4, 0.5) is 0 Å². The van der Waals surface area contributed by atoms with Crippen molar-refractivity contribution in [3.05, 3.63) is 34.1 Å². The topological polar surface area (TPSA) is 61.7 Å². The lowest BCUT2D eigenvalue weighted by atomic mass is 10.3. The Labute approximate surface area is 109 Å². The van der Waals surface area contributed by atoms with Gasteiger partial charge in [-0.2, -0.15) is 5.10 Å². The van der Waals surface area contributed by atoms with Crippen molar-refractivity contribution in [2.24, 2.45) is 12.8 Å². The Morgan fingerprint density at radius 3 is 2.82 bits per heavy atom. The molecule has 0 spiro atoms. The van der Waals surface area contributed by atoms with Gasteiger partial charge in [-0.25, -0.2) is 4.98 Å². The summed E-state index contributed by atoms with van der Waals surface area (Å²) in [5.41, 5.74) is 7.71. The van der Waals surface area contributed by atoms with E-state index < -0.39 is 0 Å². The van der Waals surface area contributed by atoms with Gasteiger partial charge in [-0.1, -0.05) is 0 Å². The van der Waals surface area contributed by atoms with Crippen LogP contribution in [0.25, 0.3) is 0 Å². The van der Waals surface area contributed by atoms with E-state index in [1.807, 2.05) is 31.0 Å². The molecule has 0 amide bonds. The zero-order chi connectivity index (χ0) is 12.4. The second-order valence-electron chi connectivity index (χ2n) is 3.98. The fourth-order valence-corrected chi connectivity index (χ4v) is 2.32. The van der Waals surface area contributed by atoms with Gasteiger partial charge in [-0.15, -0.1) is 0 Å². The molecule has 0 aromatic carbocycles. The van der Waals surface area contributed by atoms with Gasteiger partial charge in [0.25, 0.3) is 0 Å². The van der Waals surface area contributed by atoms with Crippen LogP contribution in [0.15, 0.2) is 16.9 Å². The highest BCUT2D eigenvalue weighted by Gasteiger charge is 2.12. The second-order valence-corrected chi connectivity index (χ2v) is 4.77. The molecular weight excluding hydrogens is 282 g/mol. The monoisotopic (exact) mass is 297 g/mol. The van der Waals surface area contributed by atoms with Crippen LogP contribution in [0, 0.1) is 6.92 Å². The van der Waals surface area contributed by atoms with Crippen LogP contribution in [0.2, 0.25) is 0 Å². The highest BCUT2D eigenvalue weighted by atomic mass is 79.9. The van der Waals surface area contributed by atoms with Gasteiger partial charge in [0.15, 0.2) is 0 Å². The summed E-state index contributed by atoms with van der Waals surface area (Å²) in [6.07, 6.45) is 4.57. The van der Waals surface area contributed by atoms with Crippen molar-refractivity contribution in [3.8, 4) is 0 Å². The van der Waals surface area contributed by atoms with Gasteiger partial charge in [-0.3, -0.25) is 4.68 Å². The molecule has 2 heterocycles. The van der Waals surface area contributed by atoms with E-state index in [-0.39, 0.29) is 0 Å². The highest BCUT2D eigenvalue weighted by Crippen LogP contribution is 2.21. The lowest BCUT2D eigenvalue weighted by molar-refractivity contribution is 0.639. The Kier molecular flexibility index (Phi) is 3.63. The van der Waals surface area contributed by atoms with E-state index in [2.05, 4.69) is 30.6 Å². The maximum Gasteiger partial charge on any atom is 0.110 e. The molecule has 0 aliphatic rings. The number of hydrogen-bond donors (Lipinski definition) is 1. The van der Waals surface area contributed by atoms with Crippen LogP contribution in [-0.2, 0) is 20.0 Å². The van der Waals surface area contributed by atoms with Crippen LogP contribution in [0.1, 0.15) is 17.2 Å². The van der Waals surface area contributed by atoms with Crippen molar-refractivity contribution in [1.29, 1.82) is 0 Å². The molecule has 6 heteroatoms. The summed E-state index contributed by atoms with van der Waals surface area (Å²) < 4.78 is 5.06. The molecular formula is C11H16BrN5. The van der Waals surface area contributed by atoms with Crippen molar-refractivity contribution >= 4 is 15.9 Å². The predicted molar refractivity (Wildman–Crippen MR) is 69.7 cm³/mol. The molecule has 2 rings (SSSR count). The van der Waals surface area contributed by atoms with Gasteiger partial charge in [0.1, 0.15) is 5.82 Å². The van der Waals surface area contributed by atoms with Gasteiger partial charge in [0.2, 0.25) is 0 Å². The third-order valence-corrected chi connectivity index (χ3v) is 3.78. The van der Waals surface area contributed by atoms with Crippen molar-refractivity contribution < 1.29 is 0 Å². The second kappa shape index (κ2) is 5.01. The molecule has 2 aromatic rings. The molecule has 0 saturated heterocycles. The molecule has 2 N–H and O–H groups in total. The normalized spacial score (nSPS) is 11.1. The first-order chi connectivity index (χ1) is 8.13. The minimum absolute atomic E-state index is 0.614. The summed E-state index contributed by atoms with van der Waals surface area (Å²) in [5, 5.41) is 4.38. The number of hydrogen-bond acceptors (Lipinski definition) is 3. The molecule has 0 radical (unpaired) electrons. The quantitative estimate of drug-likeness (QED) is 0.923. The summed E-state index contributed by atoms with van der Waals surface area (Å²) in [7, 11) is 1.95. The highest BCUT2D eigenvalue weighted by molar-refractivity contribution is 9.10. The summed E-state index contributed by atoms with van der Waals surface area (Å²) >= 11 is 3.57. The van der Waals surface area contributed by atoms with E-state index in [9.17, 15) is 0 Å². The van der Waals surface area contributed by atoms with Gasteiger partial charge in [0, 0.05) is 25.9 Å². The van der Waals surface area contributed by atoms with Crippen LogP contribution in [-0.4, -0.2) is 25.9 Å². The van der Waals surface area contributed by atoms with E-state index >= 15 is 0 Å². The summed E-state index contributed by atoms with van der Waals surface area (Å²) in [6, 6.07) is 0. The molecule has 0 bridgehead atoms. The Hall–Kier alpha value is -1.14. The Morgan fingerprint density at radius 1 is 1.47 bits per heavy atom. The van der Waals surface area contributed by atoms with Crippen molar-refractivity contribution in [2.75, 3.05) is 6.54 Å². The van der Waals surface area contributed by atoms with Gasteiger partial charge >= 0.3 is 0 Å². The molecule has 0 aliphatic carbocycles. The average molecular weight is 298 g/mol. The zero-order valence-electron chi connectivity index (χ0n) is 10.0. The van der Waals surface area contributed by atoms with Crippen LogP contribution < -0.4 is 5.73 Å². The Balaban J connectivity index is 2.28. The summed E-state index contributed by atoms with van der Waals surface area (Å²) in [6.45, 7) is 3.36. The molecule has 0 saturated carbocycles. The fraction of sp³-hybridized carbons (Fsp3) is 0.455. The molecule has 5 nitrogen and oxygen atoms in total. The third kappa shape index (κ3) is 2.42. The Bertz CT molecular complexity index is 514. The largest absolute Gasteiger partial charge is 0.330 e. The first kappa shape index (κ1) is 12.3. The Morgan fingerprint density at radius 2 is 2.24 bits per heavy atom. The number of aryl methyl sites for hydroxylation is 2. The number of halogens is 1. The lowest BCUT2D eigenvalue weighted by Crippen LogP contribution is -2.12. The number of rotatable bonds is 4. The van der Waals surface area contributed by atoms with Gasteiger partial charge in [0.05, 0.1) is 22.4 Å². The first-order valence-electron chi connectivity index (χ1n) is 5.51. The third-order valence-electron chi connectivity index (χ3n) is 2.75. The SMILES string of the molecule is Cc1nn(C)c(Cn2ccnc2CCN)c1Br.